The van der Waals surface area contributed by atoms with Crippen LogP contribution in [0, 0.1) is 17.3 Å². The van der Waals surface area contributed by atoms with Gasteiger partial charge in [0.2, 0.25) is 5.16 Å². The van der Waals surface area contributed by atoms with Crippen LogP contribution in [0.5, 0.6) is 5.75 Å². The van der Waals surface area contributed by atoms with Crippen molar-refractivity contribution in [3.05, 3.63) is 52.1 Å². The van der Waals surface area contributed by atoms with E-state index in [9.17, 15) is 9.00 Å². The van der Waals surface area contributed by atoms with Gasteiger partial charge >= 0.3 is 5.63 Å². The average molecular weight is 664 g/mol. The van der Waals surface area contributed by atoms with E-state index in [-0.39, 0.29) is 34.7 Å². The Morgan fingerprint density at radius 2 is 1.78 bits per heavy atom. The molecule has 0 saturated carbocycles. The van der Waals surface area contributed by atoms with Crippen LogP contribution >= 0.6 is 0 Å². The molecule has 46 heavy (non-hydrogen) atoms. The van der Waals surface area contributed by atoms with E-state index in [0.29, 0.717) is 56.6 Å². The number of anilines is 1. The van der Waals surface area contributed by atoms with E-state index in [1.807, 2.05) is 11.8 Å². The van der Waals surface area contributed by atoms with E-state index in [0.717, 1.165) is 6.42 Å². The van der Waals surface area contributed by atoms with Gasteiger partial charge in [-0.2, -0.15) is 0 Å². The number of rotatable bonds is 9. The van der Waals surface area contributed by atoms with Gasteiger partial charge in [0.25, 0.3) is 0 Å². The molecule has 2 aromatic heterocycles. The zero-order valence-electron chi connectivity index (χ0n) is 28.0. The van der Waals surface area contributed by atoms with Gasteiger partial charge in [-0.1, -0.05) is 53.5 Å². The molecule has 11 heteroatoms. The topological polar surface area (TPSA) is 94.8 Å². The van der Waals surface area contributed by atoms with Crippen LogP contribution in [0.4, 0.5) is 10.2 Å². The molecular weight excluding hydrogens is 622 g/mol. The Hall–Kier alpha value is -3.59. The van der Waals surface area contributed by atoms with Crippen molar-refractivity contribution >= 4 is 46.4 Å². The Bertz CT molecular complexity index is 1930. The first-order valence-electron chi connectivity index (χ1n) is 15.7. The zero-order chi connectivity index (χ0) is 33.5. The summed E-state index contributed by atoms with van der Waals surface area (Å²) >= 11 is 0. The van der Waals surface area contributed by atoms with E-state index in [1.54, 1.807) is 24.3 Å². The molecule has 1 aliphatic heterocycles. The van der Waals surface area contributed by atoms with Gasteiger partial charge in [0.15, 0.2) is 6.79 Å². The summed E-state index contributed by atoms with van der Waals surface area (Å²) in [7, 11) is -2.20. The number of nitrogens with zero attached hydrogens (tertiary/aromatic N) is 3. The number of benzene rings is 2. The predicted molar refractivity (Wildman–Crippen MR) is 185 cm³/mol. The van der Waals surface area contributed by atoms with Crippen LogP contribution in [0.1, 0.15) is 60.5 Å². The second-order valence-electron chi connectivity index (χ2n) is 13.0. The maximum absolute atomic E-state index is 15.9. The number of ether oxygens (including phenoxy) is 2. The molecule has 244 valence electrons. The molecule has 0 radical (unpaired) electrons. The lowest BCUT2D eigenvalue weighted by molar-refractivity contribution is 0.0512. The Balaban J connectivity index is 1.84. The predicted octanol–water partition coefficient (Wildman–Crippen LogP) is 7.43. The maximum Gasteiger partial charge on any atom is 0.349 e. The second-order valence-corrected chi connectivity index (χ2v) is 19.8. The lowest BCUT2D eigenvalue weighted by Crippen LogP contribution is -2.46. The minimum absolute atomic E-state index is 0.0119. The summed E-state index contributed by atoms with van der Waals surface area (Å²) < 4.78 is 45.4. The van der Waals surface area contributed by atoms with Crippen LogP contribution in [0.2, 0.25) is 16.6 Å². The normalized spacial score (nSPS) is 15.8. The van der Waals surface area contributed by atoms with E-state index in [2.05, 4.69) is 63.0 Å². The molecule has 4 aromatic rings. The maximum atomic E-state index is 15.9. The van der Waals surface area contributed by atoms with Gasteiger partial charge in [-0.25, -0.2) is 19.2 Å². The van der Waals surface area contributed by atoms with Crippen molar-refractivity contribution in [1.82, 2.24) is 9.97 Å². The molecule has 3 heterocycles. The van der Waals surface area contributed by atoms with Crippen LogP contribution in [-0.4, -0.2) is 55.0 Å². The van der Waals surface area contributed by atoms with Crippen molar-refractivity contribution in [3.8, 4) is 28.5 Å². The smallest absolute Gasteiger partial charge is 0.349 e. The first-order chi connectivity index (χ1) is 21.8. The molecule has 1 unspecified atom stereocenters. The highest BCUT2D eigenvalue weighted by Gasteiger charge is 2.42. The van der Waals surface area contributed by atoms with Crippen molar-refractivity contribution in [2.24, 2.45) is 0 Å². The van der Waals surface area contributed by atoms with E-state index >= 15 is 4.39 Å². The third-order valence-electron chi connectivity index (χ3n) is 9.34. The van der Waals surface area contributed by atoms with Gasteiger partial charge in [0.1, 0.15) is 36.6 Å². The molecule has 0 aliphatic carbocycles. The van der Waals surface area contributed by atoms with Gasteiger partial charge in [-0.05, 0) is 53.6 Å². The molecule has 1 fully saturated rings. The minimum Gasteiger partial charge on any atom is -0.468 e. The van der Waals surface area contributed by atoms with E-state index in [4.69, 9.17) is 13.9 Å². The number of fused-ring (bicyclic) bond motifs is 2. The monoisotopic (exact) mass is 663 g/mol. The SMILES string of the molecule is COCOc1cc(-c2cc3nc(S(C)=O)nc(N4CC[C@H]4C)c3c(=O)o2)c2c(C#C[Si](C(C)C)(C(C)C)C(C)C)c(F)ccc2c1. The molecule has 0 spiro atoms. The van der Waals surface area contributed by atoms with Crippen molar-refractivity contribution in [1.29, 1.82) is 0 Å². The van der Waals surface area contributed by atoms with Crippen LogP contribution in [0.15, 0.2) is 44.7 Å². The number of halogens is 1. The van der Waals surface area contributed by atoms with Crippen molar-refractivity contribution in [2.45, 2.75) is 82.7 Å². The quantitative estimate of drug-likeness (QED) is 0.0790. The van der Waals surface area contributed by atoms with E-state index < -0.39 is 30.3 Å². The molecule has 1 aliphatic rings. The molecule has 0 N–H and O–H groups in total. The summed E-state index contributed by atoms with van der Waals surface area (Å²) in [5.41, 5.74) is 5.03. The van der Waals surface area contributed by atoms with Crippen LogP contribution in [0.25, 0.3) is 33.0 Å². The van der Waals surface area contributed by atoms with Gasteiger partial charge in [0.05, 0.1) is 21.9 Å². The van der Waals surface area contributed by atoms with Crippen molar-refractivity contribution < 1.29 is 22.5 Å². The first kappa shape index (κ1) is 33.8. The summed E-state index contributed by atoms with van der Waals surface area (Å²) in [6.07, 6.45) is 2.45. The third kappa shape index (κ3) is 5.98. The Kier molecular flexibility index (Phi) is 9.73. The fourth-order valence-corrected chi connectivity index (χ4v) is 12.5. The number of methoxy groups -OCH3 is 1. The summed E-state index contributed by atoms with van der Waals surface area (Å²) in [6, 6.07) is 8.37. The number of hydrogen-bond donors (Lipinski definition) is 0. The van der Waals surface area contributed by atoms with Gasteiger partial charge < -0.3 is 18.8 Å². The minimum atomic E-state index is -2.22. The molecule has 2 atom stereocenters. The van der Waals surface area contributed by atoms with Crippen LogP contribution in [-0.2, 0) is 15.5 Å². The lowest BCUT2D eigenvalue weighted by Gasteiger charge is -2.40. The highest BCUT2D eigenvalue weighted by atomic mass is 32.2. The van der Waals surface area contributed by atoms with E-state index in [1.165, 1.54) is 19.4 Å². The summed E-state index contributed by atoms with van der Waals surface area (Å²) in [6.45, 7) is 16.0. The number of aromatic nitrogens is 2. The van der Waals surface area contributed by atoms with Crippen molar-refractivity contribution in [2.75, 3.05) is 31.6 Å². The van der Waals surface area contributed by atoms with Crippen molar-refractivity contribution in [3.63, 3.8) is 0 Å². The summed E-state index contributed by atoms with van der Waals surface area (Å²) in [5.74, 6) is 3.86. The Labute approximate surface area is 273 Å². The largest absolute Gasteiger partial charge is 0.468 e. The standard InChI is InChI=1S/C35H42FN3O5SSi/c1-20(2)46(21(3)4,22(5)6)15-13-26-28(36)11-10-24-16-25(43-19-42-8)17-27(31(24)26)30-18-29-32(34(40)44-30)33(39-14-12-23(39)7)38-35(37-29)45(9)41/h10-11,16-18,20-23H,12,14,19H2,1-9H3/t23-,45?/m1/s1. The molecule has 1 saturated heterocycles. The Morgan fingerprint density at radius 3 is 2.35 bits per heavy atom. The fraction of sp³-hybridized carbons (Fsp3) is 0.457. The molecule has 2 aromatic carbocycles. The summed E-state index contributed by atoms with van der Waals surface area (Å²) in [5, 5.41) is 1.50. The first-order valence-corrected chi connectivity index (χ1v) is 19.5. The highest BCUT2D eigenvalue weighted by molar-refractivity contribution is 7.84. The van der Waals surface area contributed by atoms with Crippen LogP contribution in [0.3, 0.4) is 0 Å². The zero-order valence-corrected chi connectivity index (χ0v) is 29.8. The highest BCUT2D eigenvalue weighted by Crippen LogP contribution is 2.42. The van der Waals surface area contributed by atoms with Gasteiger partial charge in [-0.3, -0.25) is 4.21 Å². The molecule has 5 rings (SSSR count). The fourth-order valence-electron chi connectivity index (χ4n) is 6.89. The molecule has 0 bridgehead atoms. The third-order valence-corrected chi connectivity index (χ3v) is 16.3. The number of hydrogen-bond acceptors (Lipinski definition) is 8. The second kappa shape index (κ2) is 13.3. The average Bonchev–Trinajstić information content (AvgIpc) is 2.99. The van der Waals surface area contributed by atoms with Gasteiger partial charge in [0, 0.05) is 43.0 Å². The van der Waals surface area contributed by atoms with Gasteiger partial charge in [-0.15, -0.1) is 5.54 Å². The lowest BCUT2D eigenvalue weighted by atomic mass is 9.96. The molecule has 0 amide bonds. The summed E-state index contributed by atoms with van der Waals surface area (Å²) in [4.78, 5) is 24.8. The van der Waals surface area contributed by atoms with Crippen LogP contribution < -0.4 is 15.3 Å². The molecular formula is C35H42FN3O5SSi. The Morgan fingerprint density at radius 1 is 1.09 bits per heavy atom. The molecule has 8 nitrogen and oxygen atoms in total.